The van der Waals surface area contributed by atoms with Crippen LogP contribution >= 0.6 is 11.3 Å². The molecule has 1 saturated heterocycles. The van der Waals surface area contributed by atoms with Crippen molar-refractivity contribution in [2.45, 2.75) is 25.0 Å². The van der Waals surface area contributed by atoms with Crippen molar-refractivity contribution in [2.75, 3.05) is 27.4 Å². The minimum Gasteiger partial charge on any atom is -0.381 e. The van der Waals surface area contributed by atoms with Crippen LogP contribution in [0.25, 0.3) is 0 Å². The highest BCUT2D eigenvalue weighted by Gasteiger charge is 2.37. The van der Waals surface area contributed by atoms with Gasteiger partial charge in [0.15, 0.2) is 0 Å². The Kier molecular flexibility index (Phi) is 3.91. The van der Waals surface area contributed by atoms with E-state index < -0.39 is 0 Å². The number of methoxy groups -OCH3 is 2. The second-order valence-corrected chi connectivity index (χ2v) is 4.75. The van der Waals surface area contributed by atoms with Crippen LogP contribution in [-0.4, -0.2) is 32.4 Å². The first-order valence-electron chi connectivity index (χ1n) is 5.37. The van der Waals surface area contributed by atoms with Crippen LogP contribution in [0.15, 0.2) is 5.38 Å². The molecule has 0 amide bonds. The molecule has 2 heterocycles. The summed E-state index contributed by atoms with van der Waals surface area (Å²) in [7, 11) is 3.43. The summed E-state index contributed by atoms with van der Waals surface area (Å²) >= 11 is 1.65. The molecule has 0 spiro atoms. The van der Waals surface area contributed by atoms with Gasteiger partial charge in [0.1, 0.15) is 10.6 Å². The average Bonchev–Trinajstić information content (AvgIpc) is 2.80. The fourth-order valence-corrected chi connectivity index (χ4v) is 2.98. The first kappa shape index (κ1) is 12.0. The minimum absolute atomic E-state index is 0.241. The highest BCUT2D eigenvalue weighted by molar-refractivity contribution is 7.09. The molecule has 0 bridgehead atoms. The fourth-order valence-electron chi connectivity index (χ4n) is 1.94. The normalized spacial score (nSPS) is 19.9. The molecule has 1 fully saturated rings. The zero-order valence-electron chi connectivity index (χ0n) is 9.69. The Labute approximate surface area is 99.5 Å². The van der Waals surface area contributed by atoms with Crippen LogP contribution in [0, 0.1) is 0 Å². The van der Waals surface area contributed by atoms with E-state index in [2.05, 4.69) is 4.98 Å². The second-order valence-electron chi connectivity index (χ2n) is 3.89. The Balaban J connectivity index is 2.18. The first-order valence-corrected chi connectivity index (χ1v) is 6.25. The van der Waals surface area contributed by atoms with E-state index in [1.807, 2.05) is 5.38 Å². The van der Waals surface area contributed by atoms with Gasteiger partial charge in [0, 0.05) is 45.7 Å². The van der Waals surface area contributed by atoms with Crippen molar-refractivity contribution in [3.63, 3.8) is 0 Å². The molecule has 1 aromatic rings. The Morgan fingerprint density at radius 1 is 1.44 bits per heavy atom. The van der Waals surface area contributed by atoms with E-state index in [0.717, 1.165) is 36.8 Å². The lowest BCUT2D eigenvalue weighted by atomic mass is 9.95. The minimum atomic E-state index is -0.241. The maximum absolute atomic E-state index is 5.68. The summed E-state index contributed by atoms with van der Waals surface area (Å²) < 4.78 is 16.1. The zero-order valence-corrected chi connectivity index (χ0v) is 10.5. The third-order valence-corrected chi connectivity index (χ3v) is 4.00. The Hall–Kier alpha value is -0.490. The highest BCUT2D eigenvalue weighted by atomic mass is 32.1. The van der Waals surface area contributed by atoms with E-state index in [4.69, 9.17) is 14.2 Å². The van der Waals surface area contributed by atoms with Gasteiger partial charge in [0.2, 0.25) is 0 Å². The van der Waals surface area contributed by atoms with Crippen molar-refractivity contribution in [2.24, 2.45) is 0 Å². The predicted molar refractivity (Wildman–Crippen MR) is 61.6 cm³/mol. The highest BCUT2D eigenvalue weighted by Crippen LogP contribution is 2.37. The van der Waals surface area contributed by atoms with Gasteiger partial charge in [-0.25, -0.2) is 4.98 Å². The van der Waals surface area contributed by atoms with Gasteiger partial charge in [0.05, 0.1) is 12.3 Å². The summed E-state index contributed by atoms with van der Waals surface area (Å²) in [4.78, 5) is 4.58. The molecule has 90 valence electrons. The average molecular weight is 243 g/mol. The van der Waals surface area contributed by atoms with Crippen molar-refractivity contribution in [3.8, 4) is 0 Å². The molecular formula is C11H17NO3S. The maximum atomic E-state index is 5.68. The summed E-state index contributed by atoms with van der Waals surface area (Å²) in [5.74, 6) is 0. The van der Waals surface area contributed by atoms with Crippen LogP contribution in [-0.2, 0) is 26.4 Å². The molecule has 0 N–H and O–H groups in total. The molecule has 1 aliphatic rings. The van der Waals surface area contributed by atoms with E-state index in [0.29, 0.717) is 6.61 Å². The van der Waals surface area contributed by atoms with Gasteiger partial charge >= 0.3 is 0 Å². The summed E-state index contributed by atoms with van der Waals surface area (Å²) in [6.45, 7) is 2.05. The molecule has 16 heavy (non-hydrogen) atoms. The van der Waals surface area contributed by atoms with E-state index >= 15 is 0 Å². The van der Waals surface area contributed by atoms with Gasteiger partial charge in [-0.2, -0.15) is 0 Å². The SMILES string of the molecule is COCc1csc(C2(OC)CCOCC2)n1. The molecule has 1 aliphatic heterocycles. The molecule has 0 aliphatic carbocycles. The summed E-state index contributed by atoms with van der Waals surface area (Å²) in [5, 5.41) is 3.08. The van der Waals surface area contributed by atoms with Crippen molar-refractivity contribution in [3.05, 3.63) is 16.1 Å². The lowest BCUT2D eigenvalue weighted by molar-refractivity contribution is -0.0949. The molecule has 5 heteroatoms. The number of hydrogen-bond acceptors (Lipinski definition) is 5. The van der Waals surface area contributed by atoms with Crippen molar-refractivity contribution in [1.82, 2.24) is 4.98 Å². The summed E-state index contributed by atoms with van der Waals surface area (Å²) in [6, 6.07) is 0. The zero-order chi connectivity index (χ0) is 11.4. The molecule has 0 atom stereocenters. The summed E-state index contributed by atoms with van der Waals surface area (Å²) in [6.07, 6.45) is 1.76. The van der Waals surface area contributed by atoms with Crippen LogP contribution < -0.4 is 0 Å². The molecule has 4 nitrogen and oxygen atoms in total. The van der Waals surface area contributed by atoms with E-state index in [9.17, 15) is 0 Å². The number of nitrogens with zero attached hydrogens (tertiary/aromatic N) is 1. The van der Waals surface area contributed by atoms with E-state index in [-0.39, 0.29) is 5.60 Å². The molecular weight excluding hydrogens is 226 g/mol. The van der Waals surface area contributed by atoms with Gasteiger partial charge in [0.25, 0.3) is 0 Å². The van der Waals surface area contributed by atoms with Gasteiger partial charge in [-0.05, 0) is 0 Å². The topological polar surface area (TPSA) is 40.6 Å². The van der Waals surface area contributed by atoms with Crippen molar-refractivity contribution in [1.29, 1.82) is 0 Å². The lowest BCUT2D eigenvalue weighted by Gasteiger charge is -2.33. The van der Waals surface area contributed by atoms with E-state index in [1.165, 1.54) is 0 Å². The number of rotatable bonds is 4. The van der Waals surface area contributed by atoms with Crippen molar-refractivity contribution >= 4 is 11.3 Å². The largest absolute Gasteiger partial charge is 0.381 e. The van der Waals surface area contributed by atoms with Gasteiger partial charge in [-0.1, -0.05) is 0 Å². The van der Waals surface area contributed by atoms with Crippen LogP contribution in [0.3, 0.4) is 0 Å². The van der Waals surface area contributed by atoms with Gasteiger partial charge in [-0.3, -0.25) is 0 Å². The molecule has 1 aromatic heterocycles. The van der Waals surface area contributed by atoms with Crippen LogP contribution in [0.1, 0.15) is 23.5 Å². The van der Waals surface area contributed by atoms with Gasteiger partial charge < -0.3 is 14.2 Å². The Morgan fingerprint density at radius 2 is 2.19 bits per heavy atom. The van der Waals surface area contributed by atoms with Crippen molar-refractivity contribution < 1.29 is 14.2 Å². The smallest absolute Gasteiger partial charge is 0.125 e. The van der Waals surface area contributed by atoms with Crippen LogP contribution in [0.4, 0.5) is 0 Å². The summed E-state index contributed by atoms with van der Waals surface area (Å²) in [5.41, 5.74) is 0.736. The molecule has 0 saturated carbocycles. The number of ether oxygens (including phenoxy) is 3. The first-order chi connectivity index (χ1) is 7.80. The van der Waals surface area contributed by atoms with Crippen LogP contribution in [0.2, 0.25) is 0 Å². The number of thiazole rings is 1. The second kappa shape index (κ2) is 5.23. The maximum Gasteiger partial charge on any atom is 0.125 e. The molecule has 0 radical (unpaired) electrons. The molecule has 0 aromatic carbocycles. The third kappa shape index (κ3) is 2.27. The third-order valence-electron chi connectivity index (χ3n) is 2.92. The monoisotopic (exact) mass is 243 g/mol. The fraction of sp³-hybridized carbons (Fsp3) is 0.727. The molecule has 0 unspecified atom stereocenters. The van der Waals surface area contributed by atoms with Gasteiger partial charge in [-0.15, -0.1) is 11.3 Å². The Morgan fingerprint density at radius 3 is 2.81 bits per heavy atom. The van der Waals surface area contributed by atoms with Crippen LogP contribution in [0.5, 0.6) is 0 Å². The molecule has 2 rings (SSSR count). The van der Waals surface area contributed by atoms with E-state index in [1.54, 1.807) is 25.6 Å². The standard InChI is InChI=1S/C11H17NO3S/c1-13-7-9-8-16-10(12-9)11(14-2)3-5-15-6-4-11/h8H,3-7H2,1-2H3. The number of hydrogen-bond donors (Lipinski definition) is 0. The Bertz CT molecular complexity index is 334. The predicted octanol–water partition coefficient (Wildman–Crippen LogP) is 1.94. The lowest BCUT2D eigenvalue weighted by Crippen LogP contribution is -2.35. The quantitative estimate of drug-likeness (QED) is 0.810. The number of aromatic nitrogens is 1.